The van der Waals surface area contributed by atoms with Crippen LogP contribution >= 0.6 is 0 Å². The molecule has 1 aromatic carbocycles. The van der Waals surface area contributed by atoms with Gasteiger partial charge >= 0.3 is 0 Å². The Bertz CT molecular complexity index is 438. The van der Waals surface area contributed by atoms with Crippen molar-refractivity contribution >= 4 is 6.29 Å². The lowest BCUT2D eigenvalue weighted by Gasteiger charge is -2.35. The molecular formula is C17H25NO2. The Hall–Kier alpha value is -1.35. The summed E-state index contributed by atoms with van der Waals surface area (Å²) in [5.41, 5.74) is 1.11. The number of carbonyl (C=O) groups is 1. The largest absolute Gasteiger partial charge is 0.497 e. The van der Waals surface area contributed by atoms with Crippen molar-refractivity contribution in [3.8, 4) is 5.75 Å². The van der Waals surface area contributed by atoms with E-state index in [9.17, 15) is 4.79 Å². The lowest BCUT2D eigenvalue weighted by Crippen LogP contribution is -2.38. The maximum Gasteiger partial charge on any atom is 0.127 e. The summed E-state index contributed by atoms with van der Waals surface area (Å²) in [6.45, 7) is 1.71. The second kappa shape index (κ2) is 6.89. The number of hydrogen-bond acceptors (Lipinski definition) is 3. The van der Waals surface area contributed by atoms with Crippen LogP contribution in [0.15, 0.2) is 24.3 Å². The van der Waals surface area contributed by atoms with E-state index >= 15 is 0 Å². The summed E-state index contributed by atoms with van der Waals surface area (Å²) in [7, 11) is 3.78. The molecule has 1 aliphatic rings. The molecule has 1 fully saturated rings. The van der Waals surface area contributed by atoms with Gasteiger partial charge in [0.2, 0.25) is 0 Å². The zero-order valence-corrected chi connectivity index (χ0v) is 12.6. The molecule has 2 rings (SSSR count). The number of hydrogen-bond donors (Lipinski definition) is 0. The van der Waals surface area contributed by atoms with Crippen LogP contribution in [0.3, 0.4) is 0 Å². The molecule has 20 heavy (non-hydrogen) atoms. The van der Waals surface area contributed by atoms with Crippen molar-refractivity contribution in [3.63, 3.8) is 0 Å². The number of ether oxygens (including phenoxy) is 1. The van der Waals surface area contributed by atoms with Gasteiger partial charge in [0.05, 0.1) is 7.11 Å². The highest BCUT2D eigenvalue weighted by Gasteiger charge is 2.32. The Morgan fingerprint density at radius 1 is 1.30 bits per heavy atom. The number of methoxy groups -OCH3 is 1. The van der Waals surface area contributed by atoms with Crippen LogP contribution in [-0.4, -0.2) is 31.9 Å². The third-order valence-corrected chi connectivity index (χ3v) is 4.27. The van der Waals surface area contributed by atoms with E-state index in [1.165, 1.54) is 31.1 Å². The van der Waals surface area contributed by atoms with Crippen molar-refractivity contribution in [2.24, 2.45) is 5.41 Å². The fourth-order valence-electron chi connectivity index (χ4n) is 3.25. The summed E-state index contributed by atoms with van der Waals surface area (Å²) in [5.74, 6) is 0.888. The van der Waals surface area contributed by atoms with Crippen LogP contribution in [0.25, 0.3) is 0 Å². The first kappa shape index (κ1) is 15.0. The standard InChI is InChI=1S/C17H25NO2/c1-18(12-15-7-6-8-16(11-15)20-2)13-17(14-19)9-4-3-5-10-17/h6-8,11,14H,3-5,9-10,12-13H2,1-2H3. The van der Waals surface area contributed by atoms with Crippen molar-refractivity contribution in [1.82, 2.24) is 4.90 Å². The normalized spacial score (nSPS) is 17.9. The molecule has 0 amide bonds. The number of carbonyl (C=O) groups excluding carboxylic acids is 1. The monoisotopic (exact) mass is 275 g/mol. The van der Waals surface area contributed by atoms with Gasteiger partial charge in [-0.25, -0.2) is 0 Å². The van der Waals surface area contributed by atoms with E-state index in [-0.39, 0.29) is 5.41 Å². The van der Waals surface area contributed by atoms with Gasteiger partial charge in [-0.15, -0.1) is 0 Å². The highest BCUT2D eigenvalue weighted by Crippen LogP contribution is 2.35. The van der Waals surface area contributed by atoms with Crippen LogP contribution in [0.4, 0.5) is 0 Å². The van der Waals surface area contributed by atoms with Crippen LogP contribution in [0, 0.1) is 5.41 Å². The second-order valence-electron chi connectivity index (χ2n) is 6.06. The average Bonchev–Trinajstić information content (AvgIpc) is 2.48. The molecular weight excluding hydrogens is 250 g/mol. The van der Waals surface area contributed by atoms with E-state index in [0.29, 0.717) is 0 Å². The molecule has 0 saturated heterocycles. The molecule has 3 nitrogen and oxygen atoms in total. The molecule has 0 N–H and O–H groups in total. The fraction of sp³-hybridized carbons (Fsp3) is 0.588. The first-order valence-corrected chi connectivity index (χ1v) is 7.45. The zero-order valence-electron chi connectivity index (χ0n) is 12.6. The molecule has 110 valence electrons. The predicted octanol–water partition coefficient (Wildman–Crippen LogP) is 3.28. The minimum absolute atomic E-state index is 0.119. The molecule has 0 unspecified atom stereocenters. The van der Waals surface area contributed by atoms with Crippen LogP contribution < -0.4 is 4.74 Å². The Balaban J connectivity index is 1.96. The fourth-order valence-corrected chi connectivity index (χ4v) is 3.25. The van der Waals surface area contributed by atoms with Crippen LogP contribution in [0.1, 0.15) is 37.7 Å². The summed E-state index contributed by atoms with van der Waals surface area (Å²) in [5, 5.41) is 0. The van der Waals surface area contributed by atoms with E-state index in [1.54, 1.807) is 7.11 Å². The molecule has 1 saturated carbocycles. The number of benzene rings is 1. The summed E-state index contributed by atoms with van der Waals surface area (Å²) < 4.78 is 5.25. The van der Waals surface area contributed by atoms with E-state index in [4.69, 9.17) is 4.74 Å². The maximum atomic E-state index is 11.5. The number of aldehydes is 1. The summed E-state index contributed by atoms with van der Waals surface area (Å²) in [6, 6.07) is 8.13. The molecule has 0 radical (unpaired) electrons. The van der Waals surface area contributed by atoms with E-state index in [0.717, 1.165) is 31.7 Å². The molecule has 0 bridgehead atoms. The van der Waals surface area contributed by atoms with E-state index in [2.05, 4.69) is 24.1 Å². The van der Waals surface area contributed by atoms with Crippen LogP contribution in [0.2, 0.25) is 0 Å². The minimum atomic E-state index is -0.119. The molecule has 0 aliphatic heterocycles. The smallest absolute Gasteiger partial charge is 0.127 e. The van der Waals surface area contributed by atoms with E-state index < -0.39 is 0 Å². The van der Waals surface area contributed by atoms with Gasteiger partial charge in [-0.1, -0.05) is 31.4 Å². The van der Waals surface area contributed by atoms with Crippen molar-refractivity contribution in [2.45, 2.75) is 38.6 Å². The third kappa shape index (κ3) is 3.83. The highest BCUT2D eigenvalue weighted by atomic mass is 16.5. The average molecular weight is 275 g/mol. The maximum absolute atomic E-state index is 11.5. The molecule has 1 aliphatic carbocycles. The van der Waals surface area contributed by atoms with Gasteiger partial charge in [0.15, 0.2) is 0 Å². The van der Waals surface area contributed by atoms with Crippen LogP contribution in [-0.2, 0) is 11.3 Å². The predicted molar refractivity (Wildman–Crippen MR) is 80.9 cm³/mol. The Labute approximate surface area is 121 Å². The van der Waals surface area contributed by atoms with E-state index in [1.807, 2.05) is 12.1 Å². The molecule has 0 aromatic heterocycles. The van der Waals surface area contributed by atoms with Gasteiger partial charge in [-0.05, 0) is 37.6 Å². The summed E-state index contributed by atoms with van der Waals surface area (Å²) >= 11 is 0. The molecule has 0 spiro atoms. The Morgan fingerprint density at radius 2 is 2.05 bits per heavy atom. The quantitative estimate of drug-likeness (QED) is 0.746. The number of rotatable bonds is 6. The lowest BCUT2D eigenvalue weighted by molar-refractivity contribution is -0.119. The third-order valence-electron chi connectivity index (χ3n) is 4.27. The number of nitrogens with zero attached hydrogens (tertiary/aromatic N) is 1. The van der Waals surface area contributed by atoms with Gasteiger partial charge in [-0.3, -0.25) is 0 Å². The van der Waals surface area contributed by atoms with Crippen molar-refractivity contribution in [2.75, 3.05) is 20.7 Å². The minimum Gasteiger partial charge on any atom is -0.497 e. The zero-order chi connectivity index (χ0) is 14.4. The molecule has 0 heterocycles. The molecule has 3 heteroatoms. The summed E-state index contributed by atoms with van der Waals surface area (Å²) in [4.78, 5) is 13.8. The molecule has 1 aromatic rings. The van der Waals surface area contributed by atoms with Gasteiger partial charge in [0.25, 0.3) is 0 Å². The second-order valence-corrected chi connectivity index (χ2v) is 6.06. The van der Waals surface area contributed by atoms with Crippen LogP contribution in [0.5, 0.6) is 5.75 Å². The molecule has 0 atom stereocenters. The van der Waals surface area contributed by atoms with Gasteiger partial charge < -0.3 is 14.4 Å². The Kier molecular flexibility index (Phi) is 5.18. The van der Waals surface area contributed by atoms with Gasteiger partial charge in [0.1, 0.15) is 12.0 Å². The van der Waals surface area contributed by atoms with Crippen molar-refractivity contribution in [1.29, 1.82) is 0 Å². The van der Waals surface area contributed by atoms with Gasteiger partial charge in [0, 0.05) is 18.5 Å². The highest BCUT2D eigenvalue weighted by molar-refractivity contribution is 5.60. The lowest BCUT2D eigenvalue weighted by atomic mass is 9.75. The first-order valence-electron chi connectivity index (χ1n) is 7.45. The van der Waals surface area contributed by atoms with Crippen molar-refractivity contribution in [3.05, 3.63) is 29.8 Å². The first-order chi connectivity index (χ1) is 9.67. The van der Waals surface area contributed by atoms with Crippen molar-refractivity contribution < 1.29 is 9.53 Å². The SMILES string of the molecule is COc1cccc(CN(C)CC2(C=O)CCCCC2)c1. The summed E-state index contributed by atoms with van der Waals surface area (Å²) in [6.07, 6.45) is 6.93. The van der Waals surface area contributed by atoms with Gasteiger partial charge in [-0.2, -0.15) is 0 Å². The Morgan fingerprint density at radius 3 is 2.70 bits per heavy atom. The topological polar surface area (TPSA) is 29.5 Å².